The van der Waals surface area contributed by atoms with Crippen molar-refractivity contribution >= 4 is 60.7 Å². The maximum atomic E-state index is 17.3. The maximum Gasteiger partial charge on any atom is 0.319 e. The third-order valence-electron chi connectivity index (χ3n) is 10.8. The number of hydrogen-bond acceptors (Lipinski definition) is 10. The van der Waals surface area contributed by atoms with Gasteiger partial charge in [-0.05, 0) is 43.9 Å². The fourth-order valence-electron chi connectivity index (χ4n) is 8.49. The Labute approximate surface area is 295 Å². The normalized spacial score (nSPS) is 24.7. The van der Waals surface area contributed by atoms with E-state index in [0.29, 0.717) is 44.6 Å². The van der Waals surface area contributed by atoms with Gasteiger partial charge in [0.25, 0.3) is 0 Å². The highest BCUT2D eigenvalue weighted by atomic mass is 35.5. The predicted molar refractivity (Wildman–Crippen MR) is 186 cm³/mol. The first kappa shape index (κ1) is 33.1. The van der Waals surface area contributed by atoms with E-state index in [1.807, 2.05) is 11.0 Å². The quantitative estimate of drug-likeness (QED) is 0.253. The van der Waals surface area contributed by atoms with E-state index in [2.05, 4.69) is 9.88 Å². The number of nitriles is 1. The summed E-state index contributed by atoms with van der Waals surface area (Å²) in [5, 5.41) is 10.3. The number of nitrogens with zero attached hydrogens (tertiary/aromatic N) is 6. The van der Waals surface area contributed by atoms with Crippen LogP contribution >= 0.6 is 22.9 Å². The van der Waals surface area contributed by atoms with Crippen molar-refractivity contribution in [2.24, 2.45) is 5.92 Å². The van der Waals surface area contributed by atoms with Crippen LogP contribution in [0.1, 0.15) is 44.1 Å². The van der Waals surface area contributed by atoms with Crippen molar-refractivity contribution < 1.29 is 27.4 Å². The smallest absolute Gasteiger partial charge is 0.319 e. The summed E-state index contributed by atoms with van der Waals surface area (Å²) < 4.78 is 59.7. The molecule has 0 spiro atoms. The topological polar surface area (TPSA) is 121 Å². The molecule has 2 unspecified atom stereocenters. The summed E-state index contributed by atoms with van der Waals surface area (Å²) in [6, 6.07) is 4.42. The standard InChI is InChI=1S/C35H35ClF3N7O3S/c1-44(2)33(47)17-4-5-19-8-11-48-29-25-28(27(39)24(26(29)36)20-6-7-22(38)30-23(20)21(13-40)31(41)50-30)42-34(43-32(25)46(19)14-17)49-16-35-9-3-10-45(35)15-18(37)12-35/h6-7,17-19H,3-5,8-12,14-16,41H2,1-2H3/t17?,18-,19?,35+/m1/s1. The number of alkyl halides is 1. The Kier molecular flexibility index (Phi) is 8.15. The lowest BCUT2D eigenvalue weighted by Crippen LogP contribution is -2.49. The van der Waals surface area contributed by atoms with Gasteiger partial charge in [-0.25, -0.2) is 13.2 Å². The van der Waals surface area contributed by atoms with Gasteiger partial charge in [0.2, 0.25) is 5.91 Å². The third-order valence-corrected chi connectivity index (χ3v) is 12.2. The number of piperidine rings is 1. The number of nitrogen functional groups attached to an aromatic ring is 1. The SMILES string of the molecule is CN(C)C(=O)C1CCC2CCOc3c(Cl)c(-c4ccc(F)c5sc(N)c(C#N)c45)c(F)c4nc(OC[C@@]56CCCN5C[C@H](F)C6)nc(c34)N2C1. The molecular formula is C35H35ClF3N7O3S. The van der Waals surface area contributed by atoms with E-state index in [1.165, 1.54) is 12.1 Å². The van der Waals surface area contributed by atoms with Crippen molar-refractivity contribution in [3.63, 3.8) is 0 Å². The predicted octanol–water partition coefficient (Wildman–Crippen LogP) is 6.31. The lowest BCUT2D eigenvalue weighted by molar-refractivity contribution is -0.133. The number of hydrogen-bond donors (Lipinski definition) is 1. The number of rotatable bonds is 5. The average Bonchev–Trinajstić information content (AvgIpc) is 3.74. The highest BCUT2D eigenvalue weighted by Crippen LogP contribution is 2.51. The van der Waals surface area contributed by atoms with Gasteiger partial charge >= 0.3 is 6.01 Å². The average molecular weight is 726 g/mol. The minimum absolute atomic E-state index is 0.0157. The second kappa shape index (κ2) is 12.3. The molecule has 2 aromatic heterocycles. The first-order chi connectivity index (χ1) is 24.0. The van der Waals surface area contributed by atoms with Gasteiger partial charge in [-0.15, -0.1) is 11.3 Å². The Bertz CT molecular complexity index is 2110. The molecule has 4 aromatic rings. The second-order valence-electron chi connectivity index (χ2n) is 14.0. The molecular weight excluding hydrogens is 691 g/mol. The summed E-state index contributed by atoms with van der Waals surface area (Å²) in [4.78, 5) is 28.4. The number of fused-ring (bicyclic) bond motifs is 4. The van der Waals surface area contributed by atoms with Gasteiger partial charge in [-0.2, -0.15) is 15.2 Å². The molecule has 15 heteroatoms. The number of amides is 1. The monoisotopic (exact) mass is 725 g/mol. The summed E-state index contributed by atoms with van der Waals surface area (Å²) in [6.07, 6.45) is 2.95. The minimum Gasteiger partial charge on any atom is -0.491 e. The van der Waals surface area contributed by atoms with Crippen molar-refractivity contribution in [1.29, 1.82) is 5.26 Å². The zero-order chi connectivity index (χ0) is 35.1. The summed E-state index contributed by atoms with van der Waals surface area (Å²) in [5.41, 5.74) is 5.51. The molecule has 262 valence electrons. The molecule has 4 atom stereocenters. The summed E-state index contributed by atoms with van der Waals surface area (Å²) >= 11 is 7.98. The van der Waals surface area contributed by atoms with Gasteiger partial charge in [-0.1, -0.05) is 17.7 Å². The van der Waals surface area contributed by atoms with Gasteiger partial charge in [0, 0.05) is 57.0 Å². The van der Waals surface area contributed by atoms with E-state index < -0.39 is 23.3 Å². The number of ether oxygens (including phenoxy) is 2. The summed E-state index contributed by atoms with van der Waals surface area (Å²) in [6.45, 7) is 1.79. The summed E-state index contributed by atoms with van der Waals surface area (Å²) in [7, 11) is 3.44. The second-order valence-corrected chi connectivity index (χ2v) is 15.4. The largest absolute Gasteiger partial charge is 0.491 e. The van der Waals surface area contributed by atoms with E-state index in [9.17, 15) is 14.4 Å². The molecule has 2 aromatic carbocycles. The molecule has 3 saturated heterocycles. The molecule has 8 rings (SSSR count). The van der Waals surface area contributed by atoms with Gasteiger partial charge in [0.05, 0.1) is 38.7 Å². The van der Waals surface area contributed by atoms with Crippen LogP contribution in [0.3, 0.4) is 0 Å². The van der Waals surface area contributed by atoms with E-state index in [-0.39, 0.29) is 90.5 Å². The summed E-state index contributed by atoms with van der Waals surface area (Å²) in [5.74, 6) is -1.33. The fraction of sp³-hybridized carbons (Fsp3) is 0.486. The number of carbonyl (C=O) groups excluding carboxylic acids is 1. The Hall–Kier alpha value is -4.06. The number of benzene rings is 2. The lowest BCUT2D eigenvalue weighted by atomic mass is 9.89. The van der Waals surface area contributed by atoms with Crippen LogP contribution in [0.4, 0.5) is 24.0 Å². The number of carbonyl (C=O) groups is 1. The molecule has 3 fully saturated rings. The fourth-order valence-corrected chi connectivity index (χ4v) is 9.77. The van der Waals surface area contributed by atoms with Crippen LogP contribution in [0.2, 0.25) is 5.02 Å². The van der Waals surface area contributed by atoms with Crippen molar-refractivity contribution in [2.75, 3.05) is 57.6 Å². The molecule has 0 saturated carbocycles. The zero-order valence-electron chi connectivity index (χ0n) is 27.6. The first-order valence-corrected chi connectivity index (χ1v) is 18.0. The van der Waals surface area contributed by atoms with Crippen LogP contribution in [0, 0.1) is 28.9 Å². The Morgan fingerprint density at radius 2 is 2.06 bits per heavy atom. The van der Waals surface area contributed by atoms with Gasteiger partial charge in [-0.3, -0.25) is 9.69 Å². The molecule has 0 bridgehead atoms. The van der Waals surface area contributed by atoms with Crippen LogP contribution in [0.5, 0.6) is 11.8 Å². The van der Waals surface area contributed by atoms with Crippen LogP contribution in [0.25, 0.3) is 32.1 Å². The minimum atomic E-state index is -0.969. The van der Waals surface area contributed by atoms with Gasteiger partial charge in [0.15, 0.2) is 11.6 Å². The number of halogens is 4. The van der Waals surface area contributed by atoms with Crippen molar-refractivity contribution in [3.8, 4) is 29.0 Å². The first-order valence-electron chi connectivity index (χ1n) is 16.8. The van der Waals surface area contributed by atoms with Crippen LogP contribution in [0.15, 0.2) is 12.1 Å². The van der Waals surface area contributed by atoms with E-state index in [0.717, 1.165) is 30.7 Å². The van der Waals surface area contributed by atoms with E-state index in [4.69, 9.17) is 31.8 Å². The maximum absolute atomic E-state index is 17.3. The molecule has 0 radical (unpaired) electrons. The molecule has 4 aliphatic heterocycles. The van der Waals surface area contributed by atoms with Crippen molar-refractivity contribution in [2.45, 2.75) is 56.3 Å². The Morgan fingerprint density at radius 1 is 1.24 bits per heavy atom. The molecule has 1 amide bonds. The number of nitrogens with two attached hydrogens (primary N) is 1. The molecule has 4 aliphatic rings. The zero-order valence-corrected chi connectivity index (χ0v) is 29.1. The number of anilines is 2. The number of aromatic nitrogens is 2. The molecule has 6 heterocycles. The van der Waals surface area contributed by atoms with Gasteiger partial charge in [0.1, 0.15) is 41.0 Å². The molecule has 2 N–H and O–H groups in total. The van der Waals surface area contributed by atoms with Crippen LogP contribution < -0.4 is 20.1 Å². The Morgan fingerprint density at radius 3 is 2.84 bits per heavy atom. The highest BCUT2D eigenvalue weighted by molar-refractivity contribution is 7.23. The van der Waals surface area contributed by atoms with Crippen molar-refractivity contribution in [3.05, 3.63) is 34.4 Å². The Balaban J connectivity index is 1.35. The van der Waals surface area contributed by atoms with E-state index in [1.54, 1.807) is 19.0 Å². The molecule has 10 nitrogen and oxygen atoms in total. The third kappa shape index (κ3) is 5.11. The molecule has 0 aliphatic carbocycles. The van der Waals surface area contributed by atoms with Crippen molar-refractivity contribution in [1.82, 2.24) is 19.8 Å². The van der Waals surface area contributed by atoms with E-state index >= 15 is 8.78 Å². The lowest BCUT2D eigenvalue weighted by Gasteiger charge is -2.42. The van der Waals surface area contributed by atoms with Gasteiger partial charge < -0.3 is 25.0 Å². The number of thiophene rings is 1. The molecule has 50 heavy (non-hydrogen) atoms. The highest BCUT2D eigenvalue weighted by Gasteiger charge is 2.49. The van der Waals surface area contributed by atoms with Crippen LogP contribution in [-0.4, -0.2) is 90.4 Å². The van der Waals surface area contributed by atoms with Crippen LogP contribution in [-0.2, 0) is 4.79 Å².